The monoisotopic (exact) mass is 393 g/mol. The molecule has 0 bridgehead atoms. The second-order valence-electron chi connectivity index (χ2n) is 6.08. The van der Waals surface area contributed by atoms with Crippen LogP contribution in [0.15, 0.2) is 54.9 Å². The Labute approximate surface area is 166 Å². The summed E-state index contributed by atoms with van der Waals surface area (Å²) < 4.78 is 8.22. The van der Waals surface area contributed by atoms with Gasteiger partial charge in [0.25, 0.3) is 5.91 Å². The molecule has 1 aromatic carbocycles. The normalized spacial score (nSPS) is 10.9. The van der Waals surface area contributed by atoms with Crippen molar-refractivity contribution in [3.05, 3.63) is 66.2 Å². The van der Waals surface area contributed by atoms with E-state index >= 15 is 0 Å². The molecule has 0 unspecified atom stereocenters. The summed E-state index contributed by atoms with van der Waals surface area (Å²) >= 11 is 1.45. The minimum atomic E-state index is -0.178. The lowest BCUT2D eigenvalue weighted by Gasteiger charge is -2.19. The smallest absolute Gasteiger partial charge is 0.278 e. The number of carbonyl (C=O) groups is 1. The first-order valence-electron chi connectivity index (χ1n) is 8.89. The minimum Gasteiger partial charge on any atom is -0.492 e. The second kappa shape index (κ2) is 7.77. The molecule has 0 saturated heterocycles. The van der Waals surface area contributed by atoms with E-state index in [1.54, 1.807) is 35.1 Å². The SMILES string of the molecule is CCOc1cccc2sc(N(Cc3ccccn3)C(=O)c3ccnn3C)nc12. The van der Waals surface area contributed by atoms with Gasteiger partial charge in [0.15, 0.2) is 5.13 Å². The first-order valence-corrected chi connectivity index (χ1v) is 9.71. The summed E-state index contributed by atoms with van der Waals surface area (Å²) in [6, 6.07) is 13.1. The van der Waals surface area contributed by atoms with Crippen molar-refractivity contribution in [1.82, 2.24) is 19.7 Å². The summed E-state index contributed by atoms with van der Waals surface area (Å²) in [5, 5.41) is 4.71. The van der Waals surface area contributed by atoms with E-state index in [0.29, 0.717) is 29.7 Å². The number of benzene rings is 1. The third-order valence-corrected chi connectivity index (χ3v) is 5.28. The van der Waals surface area contributed by atoms with Gasteiger partial charge in [-0.25, -0.2) is 4.98 Å². The van der Waals surface area contributed by atoms with E-state index in [1.165, 1.54) is 11.3 Å². The first kappa shape index (κ1) is 18.1. The Morgan fingerprint density at radius 2 is 2.07 bits per heavy atom. The molecule has 0 atom stereocenters. The maximum Gasteiger partial charge on any atom is 0.278 e. The van der Waals surface area contributed by atoms with Crippen molar-refractivity contribution < 1.29 is 9.53 Å². The van der Waals surface area contributed by atoms with Gasteiger partial charge >= 0.3 is 0 Å². The van der Waals surface area contributed by atoms with Gasteiger partial charge in [-0.2, -0.15) is 5.10 Å². The van der Waals surface area contributed by atoms with Gasteiger partial charge in [-0.15, -0.1) is 0 Å². The third kappa shape index (κ3) is 3.46. The van der Waals surface area contributed by atoms with Crippen molar-refractivity contribution in [3.63, 3.8) is 0 Å². The quantitative estimate of drug-likeness (QED) is 0.500. The van der Waals surface area contributed by atoms with Crippen molar-refractivity contribution in [1.29, 1.82) is 0 Å². The molecular formula is C20H19N5O2S. The van der Waals surface area contributed by atoms with Crippen LogP contribution in [0.5, 0.6) is 5.75 Å². The second-order valence-corrected chi connectivity index (χ2v) is 7.09. The largest absolute Gasteiger partial charge is 0.492 e. The molecule has 4 rings (SSSR count). The highest BCUT2D eigenvalue weighted by Gasteiger charge is 2.25. The fourth-order valence-electron chi connectivity index (χ4n) is 2.90. The summed E-state index contributed by atoms with van der Waals surface area (Å²) in [7, 11) is 1.75. The van der Waals surface area contributed by atoms with E-state index < -0.39 is 0 Å². The zero-order chi connectivity index (χ0) is 19.5. The van der Waals surface area contributed by atoms with Crippen LogP contribution in [0.4, 0.5) is 5.13 Å². The molecule has 1 amide bonds. The fourth-order valence-corrected chi connectivity index (χ4v) is 3.88. The number of pyridine rings is 1. The van der Waals surface area contributed by atoms with Crippen LogP contribution < -0.4 is 9.64 Å². The maximum absolute atomic E-state index is 13.3. The van der Waals surface area contributed by atoms with Crippen molar-refractivity contribution >= 4 is 32.6 Å². The Balaban J connectivity index is 1.78. The molecule has 3 aromatic heterocycles. The van der Waals surface area contributed by atoms with E-state index in [0.717, 1.165) is 15.9 Å². The number of thiazole rings is 1. The van der Waals surface area contributed by atoms with Gasteiger partial charge in [-0.1, -0.05) is 23.5 Å². The highest BCUT2D eigenvalue weighted by Crippen LogP contribution is 2.35. The van der Waals surface area contributed by atoms with E-state index in [4.69, 9.17) is 9.72 Å². The number of rotatable bonds is 6. The van der Waals surface area contributed by atoms with E-state index in [9.17, 15) is 4.79 Å². The molecular weight excluding hydrogens is 374 g/mol. The van der Waals surface area contributed by atoms with E-state index in [1.807, 2.05) is 43.3 Å². The van der Waals surface area contributed by atoms with Gasteiger partial charge in [0.05, 0.1) is 23.5 Å². The zero-order valence-electron chi connectivity index (χ0n) is 15.6. The molecule has 142 valence electrons. The molecule has 8 heteroatoms. The summed E-state index contributed by atoms with van der Waals surface area (Å²) in [6.07, 6.45) is 3.32. The molecule has 0 aliphatic rings. The number of ether oxygens (including phenoxy) is 1. The number of amides is 1. The van der Waals surface area contributed by atoms with E-state index in [-0.39, 0.29) is 5.91 Å². The van der Waals surface area contributed by atoms with Crippen LogP contribution in [0, 0.1) is 0 Å². The number of carbonyl (C=O) groups excluding carboxylic acids is 1. The van der Waals surface area contributed by atoms with Crippen LogP contribution >= 0.6 is 11.3 Å². The number of para-hydroxylation sites is 1. The highest BCUT2D eigenvalue weighted by molar-refractivity contribution is 7.22. The van der Waals surface area contributed by atoms with Crippen LogP contribution in [0.1, 0.15) is 23.1 Å². The predicted octanol–water partition coefficient (Wildman–Crippen LogP) is 3.67. The van der Waals surface area contributed by atoms with Crippen molar-refractivity contribution in [2.24, 2.45) is 7.05 Å². The lowest BCUT2D eigenvalue weighted by Crippen LogP contribution is -2.32. The summed E-state index contributed by atoms with van der Waals surface area (Å²) in [5.74, 6) is 0.538. The van der Waals surface area contributed by atoms with Crippen LogP contribution in [-0.2, 0) is 13.6 Å². The van der Waals surface area contributed by atoms with Gasteiger partial charge in [-0.05, 0) is 37.3 Å². The topological polar surface area (TPSA) is 73.1 Å². The van der Waals surface area contributed by atoms with Crippen molar-refractivity contribution in [2.45, 2.75) is 13.5 Å². The molecule has 7 nitrogen and oxygen atoms in total. The molecule has 0 fully saturated rings. The molecule has 0 aliphatic heterocycles. The van der Waals surface area contributed by atoms with Crippen molar-refractivity contribution in [2.75, 3.05) is 11.5 Å². The minimum absolute atomic E-state index is 0.178. The highest BCUT2D eigenvalue weighted by atomic mass is 32.1. The Morgan fingerprint density at radius 1 is 1.18 bits per heavy atom. The van der Waals surface area contributed by atoms with Gasteiger partial charge in [0.1, 0.15) is 17.0 Å². The van der Waals surface area contributed by atoms with Gasteiger partial charge in [-0.3, -0.25) is 19.4 Å². The molecule has 0 spiro atoms. The van der Waals surface area contributed by atoms with Crippen molar-refractivity contribution in [3.8, 4) is 5.75 Å². The average Bonchev–Trinajstić information content (AvgIpc) is 3.33. The molecule has 0 aliphatic carbocycles. The Morgan fingerprint density at radius 3 is 2.79 bits per heavy atom. The Kier molecular flexibility index (Phi) is 5.03. The number of aromatic nitrogens is 4. The molecule has 4 aromatic rings. The number of hydrogen-bond donors (Lipinski definition) is 0. The number of anilines is 1. The predicted molar refractivity (Wildman–Crippen MR) is 109 cm³/mol. The van der Waals surface area contributed by atoms with Crippen LogP contribution in [-0.4, -0.2) is 32.3 Å². The molecule has 0 saturated carbocycles. The van der Waals surface area contributed by atoms with Gasteiger partial charge in [0, 0.05) is 19.4 Å². The van der Waals surface area contributed by atoms with Gasteiger partial charge < -0.3 is 4.74 Å². The fraction of sp³-hybridized carbons (Fsp3) is 0.200. The zero-order valence-corrected chi connectivity index (χ0v) is 16.4. The van der Waals surface area contributed by atoms with Crippen LogP contribution in [0.25, 0.3) is 10.2 Å². The number of fused-ring (bicyclic) bond motifs is 1. The molecule has 0 N–H and O–H groups in total. The summed E-state index contributed by atoms with van der Waals surface area (Å²) in [4.78, 5) is 24.0. The lowest BCUT2D eigenvalue weighted by molar-refractivity contribution is 0.0975. The number of nitrogens with zero attached hydrogens (tertiary/aromatic N) is 5. The van der Waals surface area contributed by atoms with E-state index in [2.05, 4.69) is 10.1 Å². The molecule has 0 radical (unpaired) electrons. The van der Waals surface area contributed by atoms with Crippen LogP contribution in [0.3, 0.4) is 0 Å². The standard InChI is InChI=1S/C20H19N5O2S/c1-3-27-16-8-6-9-17-18(16)23-20(28-17)25(13-14-7-4-5-11-21-14)19(26)15-10-12-22-24(15)2/h4-12H,3,13H2,1-2H3. The molecule has 28 heavy (non-hydrogen) atoms. The lowest BCUT2D eigenvalue weighted by atomic mass is 10.3. The van der Waals surface area contributed by atoms with Gasteiger partial charge in [0.2, 0.25) is 0 Å². The Hall–Kier alpha value is -3.26. The average molecular weight is 393 g/mol. The summed E-state index contributed by atoms with van der Waals surface area (Å²) in [6.45, 7) is 2.80. The summed E-state index contributed by atoms with van der Waals surface area (Å²) in [5.41, 5.74) is 2.02. The number of aryl methyl sites for hydroxylation is 1. The van der Waals surface area contributed by atoms with Crippen LogP contribution in [0.2, 0.25) is 0 Å². The number of hydrogen-bond acceptors (Lipinski definition) is 6. The third-order valence-electron chi connectivity index (χ3n) is 4.23. The Bertz CT molecular complexity index is 1110. The first-order chi connectivity index (χ1) is 13.7. The molecule has 3 heterocycles. The maximum atomic E-state index is 13.3.